The van der Waals surface area contributed by atoms with Gasteiger partial charge in [0.15, 0.2) is 0 Å². The zero-order valence-electron chi connectivity index (χ0n) is 11.2. The third-order valence-electron chi connectivity index (χ3n) is 2.76. The molecular weight excluding hydrogens is 302 g/mol. The van der Waals surface area contributed by atoms with Crippen LogP contribution in [0.5, 0.6) is 0 Å². The van der Waals surface area contributed by atoms with Crippen LogP contribution in [0, 0.1) is 0 Å². The van der Waals surface area contributed by atoms with E-state index in [1.165, 1.54) is 5.56 Å². The second kappa shape index (κ2) is 6.78. The molecule has 0 aliphatic rings. The van der Waals surface area contributed by atoms with E-state index in [4.69, 9.17) is 0 Å². The third kappa shape index (κ3) is 4.40. The first kappa shape index (κ1) is 14.2. The molecule has 4 heteroatoms. The van der Waals surface area contributed by atoms with Crippen LogP contribution in [-0.2, 0) is 13.0 Å². The van der Waals surface area contributed by atoms with Crippen LogP contribution >= 0.6 is 15.9 Å². The Hall–Kier alpha value is -1.26. The average Bonchev–Trinajstić information content (AvgIpc) is 2.40. The van der Waals surface area contributed by atoms with Gasteiger partial charge in [0.05, 0.1) is 5.69 Å². The molecule has 0 radical (unpaired) electrons. The van der Waals surface area contributed by atoms with E-state index in [1.807, 2.05) is 30.5 Å². The fraction of sp³-hybridized carbons (Fsp3) is 0.333. The number of hydrogen-bond donors (Lipinski definition) is 1. The zero-order chi connectivity index (χ0) is 13.7. The molecule has 0 aliphatic heterocycles. The van der Waals surface area contributed by atoms with Crippen LogP contribution in [-0.4, -0.2) is 16.0 Å². The Kier molecular flexibility index (Phi) is 5.05. The second-order valence-corrected chi connectivity index (χ2v) is 5.62. The highest BCUT2D eigenvalue weighted by atomic mass is 79.9. The molecule has 100 valence electrons. The number of aromatic nitrogens is 2. The molecule has 0 saturated carbocycles. The predicted octanol–water partition coefficient (Wildman–Crippen LogP) is 3.33. The van der Waals surface area contributed by atoms with Crippen molar-refractivity contribution in [3.8, 4) is 0 Å². The lowest BCUT2D eigenvalue weighted by atomic mass is 10.1. The van der Waals surface area contributed by atoms with Crippen LogP contribution in [0.4, 0.5) is 0 Å². The molecule has 0 atom stereocenters. The van der Waals surface area contributed by atoms with Gasteiger partial charge in [0.2, 0.25) is 0 Å². The lowest BCUT2D eigenvalue weighted by molar-refractivity contribution is 0.579. The minimum Gasteiger partial charge on any atom is -0.309 e. The molecule has 0 amide bonds. The molecule has 1 N–H and O–H groups in total. The van der Waals surface area contributed by atoms with Crippen LogP contribution in [0.25, 0.3) is 0 Å². The van der Waals surface area contributed by atoms with Gasteiger partial charge < -0.3 is 5.32 Å². The summed E-state index contributed by atoms with van der Waals surface area (Å²) in [6, 6.07) is 10.6. The first-order valence-electron chi connectivity index (χ1n) is 6.42. The minimum atomic E-state index is 0.460. The lowest BCUT2D eigenvalue weighted by Crippen LogP contribution is -2.22. The number of halogens is 1. The van der Waals surface area contributed by atoms with Gasteiger partial charge >= 0.3 is 0 Å². The molecule has 1 heterocycles. The summed E-state index contributed by atoms with van der Waals surface area (Å²) in [7, 11) is 0. The van der Waals surface area contributed by atoms with Crippen molar-refractivity contribution < 1.29 is 0 Å². The van der Waals surface area contributed by atoms with Gasteiger partial charge in [-0.15, -0.1) is 0 Å². The zero-order valence-corrected chi connectivity index (χ0v) is 12.8. The minimum absolute atomic E-state index is 0.460. The fourth-order valence-electron chi connectivity index (χ4n) is 1.75. The van der Waals surface area contributed by atoms with Crippen molar-refractivity contribution in [3.63, 3.8) is 0 Å². The van der Waals surface area contributed by atoms with Gasteiger partial charge in [0.1, 0.15) is 5.82 Å². The summed E-state index contributed by atoms with van der Waals surface area (Å²) < 4.78 is 1.10. The summed E-state index contributed by atoms with van der Waals surface area (Å²) in [4.78, 5) is 8.93. The summed E-state index contributed by atoms with van der Waals surface area (Å²) >= 11 is 3.55. The quantitative estimate of drug-likeness (QED) is 0.918. The first-order valence-corrected chi connectivity index (χ1v) is 7.22. The van der Waals surface area contributed by atoms with Crippen LogP contribution in [0.2, 0.25) is 0 Å². The normalized spacial score (nSPS) is 10.9. The van der Waals surface area contributed by atoms with E-state index < -0.39 is 0 Å². The number of nitrogens with zero attached hydrogens (tertiary/aromatic N) is 2. The summed E-state index contributed by atoms with van der Waals surface area (Å²) in [6.45, 7) is 5.04. The highest BCUT2D eigenvalue weighted by Gasteiger charge is 2.04. The van der Waals surface area contributed by atoms with Crippen molar-refractivity contribution in [1.29, 1.82) is 0 Å². The van der Waals surface area contributed by atoms with Gasteiger partial charge in [-0.1, -0.05) is 48.0 Å². The standard InChI is InChI=1S/C15H18BrN3/c1-11(2)18-10-13-7-8-17-15(19-13)9-12-5-3-4-6-14(12)16/h3-8,11,18H,9-10H2,1-2H3. The van der Waals surface area contributed by atoms with Crippen molar-refractivity contribution >= 4 is 15.9 Å². The SMILES string of the molecule is CC(C)NCc1ccnc(Cc2ccccc2Br)n1. The molecule has 3 nitrogen and oxygen atoms in total. The van der Waals surface area contributed by atoms with Gasteiger partial charge in [0.25, 0.3) is 0 Å². The van der Waals surface area contributed by atoms with Crippen LogP contribution < -0.4 is 5.32 Å². The largest absolute Gasteiger partial charge is 0.309 e. The Labute approximate surface area is 122 Å². The number of nitrogens with one attached hydrogen (secondary N) is 1. The molecule has 0 spiro atoms. The maximum absolute atomic E-state index is 4.59. The Morgan fingerprint density at radius 1 is 1.21 bits per heavy atom. The van der Waals surface area contributed by atoms with Gasteiger partial charge in [-0.3, -0.25) is 0 Å². The maximum Gasteiger partial charge on any atom is 0.132 e. The molecular formula is C15H18BrN3. The lowest BCUT2D eigenvalue weighted by Gasteiger charge is -2.08. The maximum atomic E-state index is 4.59. The third-order valence-corrected chi connectivity index (χ3v) is 3.53. The topological polar surface area (TPSA) is 37.8 Å². The highest BCUT2D eigenvalue weighted by Crippen LogP contribution is 2.18. The van der Waals surface area contributed by atoms with Gasteiger partial charge in [-0.25, -0.2) is 9.97 Å². The van der Waals surface area contributed by atoms with E-state index in [2.05, 4.69) is 51.1 Å². The van der Waals surface area contributed by atoms with E-state index in [1.54, 1.807) is 0 Å². The van der Waals surface area contributed by atoms with Crippen molar-refractivity contribution in [2.75, 3.05) is 0 Å². The average molecular weight is 320 g/mol. The van der Waals surface area contributed by atoms with Crippen LogP contribution in [0.1, 0.15) is 30.9 Å². The fourth-order valence-corrected chi connectivity index (χ4v) is 2.17. The van der Waals surface area contributed by atoms with E-state index >= 15 is 0 Å². The Morgan fingerprint density at radius 3 is 2.74 bits per heavy atom. The first-order chi connectivity index (χ1) is 9.15. The molecule has 2 rings (SSSR count). The highest BCUT2D eigenvalue weighted by molar-refractivity contribution is 9.10. The molecule has 2 aromatic rings. The monoisotopic (exact) mass is 319 g/mol. The van der Waals surface area contributed by atoms with E-state index in [9.17, 15) is 0 Å². The van der Waals surface area contributed by atoms with Crippen molar-refractivity contribution in [3.05, 3.63) is 58.1 Å². The molecule has 0 bridgehead atoms. The van der Waals surface area contributed by atoms with Crippen LogP contribution in [0.15, 0.2) is 41.0 Å². The van der Waals surface area contributed by atoms with Crippen LogP contribution in [0.3, 0.4) is 0 Å². The molecule has 1 aromatic carbocycles. The van der Waals surface area contributed by atoms with Crippen molar-refractivity contribution in [2.24, 2.45) is 0 Å². The van der Waals surface area contributed by atoms with Crippen molar-refractivity contribution in [2.45, 2.75) is 32.9 Å². The van der Waals surface area contributed by atoms with Gasteiger partial charge in [-0.05, 0) is 17.7 Å². The van der Waals surface area contributed by atoms with Gasteiger partial charge in [-0.2, -0.15) is 0 Å². The Balaban J connectivity index is 2.09. The second-order valence-electron chi connectivity index (χ2n) is 4.77. The molecule has 0 unspecified atom stereocenters. The number of rotatable bonds is 5. The Bertz CT molecular complexity index is 540. The summed E-state index contributed by atoms with van der Waals surface area (Å²) in [5.74, 6) is 0.856. The van der Waals surface area contributed by atoms with E-state index in [0.717, 1.165) is 29.0 Å². The molecule has 0 aliphatic carbocycles. The van der Waals surface area contributed by atoms with Gasteiger partial charge in [0, 0.05) is 29.7 Å². The molecule has 0 saturated heterocycles. The summed E-state index contributed by atoms with van der Waals surface area (Å²) in [5.41, 5.74) is 2.24. The molecule has 0 fully saturated rings. The molecule has 19 heavy (non-hydrogen) atoms. The summed E-state index contributed by atoms with van der Waals surface area (Å²) in [6.07, 6.45) is 2.58. The van der Waals surface area contributed by atoms with Crippen molar-refractivity contribution in [1.82, 2.24) is 15.3 Å². The van der Waals surface area contributed by atoms with E-state index in [0.29, 0.717) is 6.04 Å². The Morgan fingerprint density at radius 2 is 2.00 bits per heavy atom. The number of benzene rings is 1. The predicted molar refractivity (Wildman–Crippen MR) is 81.0 cm³/mol. The molecule has 1 aromatic heterocycles. The van der Waals surface area contributed by atoms with E-state index in [-0.39, 0.29) is 0 Å². The summed E-state index contributed by atoms with van der Waals surface area (Å²) in [5, 5.41) is 3.36. The number of hydrogen-bond acceptors (Lipinski definition) is 3. The smallest absolute Gasteiger partial charge is 0.132 e.